The van der Waals surface area contributed by atoms with E-state index in [-0.39, 0.29) is 24.8 Å². The summed E-state index contributed by atoms with van der Waals surface area (Å²) in [5.74, 6) is 1.04. The van der Waals surface area contributed by atoms with Gasteiger partial charge in [0.1, 0.15) is 11.5 Å². The summed E-state index contributed by atoms with van der Waals surface area (Å²) in [4.78, 5) is 14.1. The number of amides is 1. The minimum Gasteiger partial charge on any atom is -0.494 e. The van der Waals surface area contributed by atoms with Crippen LogP contribution in [-0.4, -0.2) is 70.3 Å². The van der Waals surface area contributed by atoms with Crippen LogP contribution in [0.25, 0.3) is 0 Å². The molecule has 1 aliphatic rings. The molecule has 1 aliphatic heterocycles. The average molecular weight is 462 g/mol. The smallest absolute Gasteiger partial charge is 0.257 e. The number of carbonyl (C=O) groups excluding carboxylic acids is 1. The molecule has 174 valence electrons. The highest BCUT2D eigenvalue weighted by Crippen LogP contribution is 2.18. The lowest BCUT2D eigenvalue weighted by Gasteiger charge is -2.35. The van der Waals surface area contributed by atoms with Gasteiger partial charge in [0.05, 0.1) is 12.4 Å². The fourth-order valence-corrected chi connectivity index (χ4v) is 4.96. The van der Waals surface area contributed by atoms with Crippen molar-refractivity contribution in [3.8, 4) is 11.5 Å². The standard InChI is InChI=1S/C23H31N3O5S/c1-2-30-21-9-11-22(12-10-21)31-19-23(27)24-13-6-18-32(28,29)26-16-14-25(15-17-26)20-7-4-3-5-8-20/h3-5,7-12H,2,6,13-19H2,1H3,(H,24,27). The van der Waals surface area contributed by atoms with Gasteiger partial charge in [-0.1, -0.05) is 18.2 Å². The average Bonchev–Trinajstić information content (AvgIpc) is 2.82. The van der Waals surface area contributed by atoms with Crippen LogP contribution in [0.1, 0.15) is 13.3 Å². The van der Waals surface area contributed by atoms with Crippen LogP contribution in [0.5, 0.6) is 11.5 Å². The van der Waals surface area contributed by atoms with E-state index in [9.17, 15) is 13.2 Å². The molecule has 32 heavy (non-hydrogen) atoms. The first-order valence-electron chi connectivity index (χ1n) is 10.9. The molecule has 8 nitrogen and oxygen atoms in total. The molecular formula is C23H31N3O5S. The van der Waals surface area contributed by atoms with Gasteiger partial charge in [-0.25, -0.2) is 8.42 Å². The lowest BCUT2D eigenvalue weighted by Crippen LogP contribution is -2.49. The summed E-state index contributed by atoms with van der Waals surface area (Å²) in [5, 5.41) is 2.71. The number of carbonyl (C=O) groups is 1. The Kier molecular flexibility index (Phi) is 8.75. The Balaban J connectivity index is 1.32. The minimum atomic E-state index is -3.34. The molecule has 3 rings (SSSR count). The van der Waals surface area contributed by atoms with E-state index in [4.69, 9.17) is 9.47 Å². The maximum absolute atomic E-state index is 12.6. The van der Waals surface area contributed by atoms with E-state index in [0.717, 1.165) is 11.4 Å². The third-order valence-corrected chi connectivity index (χ3v) is 7.12. The van der Waals surface area contributed by atoms with Gasteiger partial charge in [0.15, 0.2) is 6.61 Å². The fourth-order valence-electron chi connectivity index (χ4n) is 3.47. The third kappa shape index (κ3) is 7.13. The van der Waals surface area contributed by atoms with Crippen molar-refractivity contribution in [2.45, 2.75) is 13.3 Å². The number of ether oxygens (including phenoxy) is 2. The third-order valence-electron chi connectivity index (χ3n) is 5.16. The van der Waals surface area contributed by atoms with Crippen LogP contribution in [0.3, 0.4) is 0 Å². The van der Waals surface area contributed by atoms with Crippen molar-refractivity contribution in [3.05, 3.63) is 54.6 Å². The zero-order valence-electron chi connectivity index (χ0n) is 18.4. The monoisotopic (exact) mass is 461 g/mol. The minimum absolute atomic E-state index is 0.0123. The summed E-state index contributed by atoms with van der Waals surface area (Å²) in [7, 11) is -3.34. The van der Waals surface area contributed by atoms with Gasteiger partial charge in [0, 0.05) is 38.4 Å². The quantitative estimate of drug-likeness (QED) is 0.516. The Labute approximate surface area is 190 Å². The largest absolute Gasteiger partial charge is 0.494 e. The van der Waals surface area contributed by atoms with E-state index in [1.165, 1.54) is 0 Å². The Morgan fingerprint density at radius 2 is 1.56 bits per heavy atom. The Hall–Kier alpha value is -2.78. The van der Waals surface area contributed by atoms with Gasteiger partial charge in [-0.3, -0.25) is 4.79 Å². The second kappa shape index (κ2) is 11.7. The zero-order valence-corrected chi connectivity index (χ0v) is 19.2. The number of nitrogens with one attached hydrogen (secondary N) is 1. The van der Waals surface area contributed by atoms with Gasteiger partial charge in [-0.15, -0.1) is 0 Å². The molecule has 2 aromatic carbocycles. The summed E-state index contributed by atoms with van der Waals surface area (Å²) in [6.45, 7) is 4.94. The number of hydrogen-bond acceptors (Lipinski definition) is 6. The maximum atomic E-state index is 12.6. The second-order valence-electron chi connectivity index (χ2n) is 7.43. The van der Waals surface area contributed by atoms with Crippen LogP contribution < -0.4 is 19.7 Å². The van der Waals surface area contributed by atoms with Crippen LogP contribution in [0, 0.1) is 0 Å². The summed E-state index contributed by atoms with van der Waals surface area (Å²) < 4.78 is 37.6. The molecule has 2 aromatic rings. The van der Waals surface area contributed by atoms with Crippen LogP contribution >= 0.6 is 0 Å². The summed E-state index contributed by atoms with van der Waals surface area (Å²) in [5.41, 5.74) is 1.11. The summed E-state index contributed by atoms with van der Waals surface area (Å²) in [6.07, 6.45) is 0.357. The van der Waals surface area contributed by atoms with Crippen LogP contribution in [0.4, 0.5) is 5.69 Å². The van der Waals surface area contributed by atoms with Crippen molar-refractivity contribution in [2.24, 2.45) is 0 Å². The van der Waals surface area contributed by atoms with Crippen LogP contribution in [0.2, 0.25) is 0 Å². The zero-order chi connectivity index (χ0) is 22.8. The van der Waals surface area contributed by atoms with Gasteiger partial charge in [0.2, 0.25) is 10.0 Å². The van der Waals surface area contributed by atoms with E-state index < -0.39 is 10.0 Å². The lowest BCUT2D eigenvalue weighted by atomic mass is 10.2. The molecule has 0 unspecified atom stereocenters. The molecule has 1 heterocycles. The number of sulfonamides is 1. The number of piperazine rings is 1. The molecule has 1 amide bonds. The van der Waals surface area contributed by atoms with Gasteiger partial charge in [-0.05, 0) is 49.7 Å². The van der Waals surface area contributed by atoms with Gasteiger partial charge in [0.25, 0.3) is 5.91 Å². The second-order valence-corrected chi connectivity index (χ2v) is 9.52. The first kappa shape index (κ1) is 23.9. The molecule has 0 saturated carbocycles. The fraction of sp³-hybridized carbons (Fsp3) is 0.435. The molecule has 0 aliphatic carbocycles. The molecule has 0 spiro atoms. The summed E-state index contributed by atoms with van der Waals surface area (Å²) in [6, 6.07) is 17.0. The maximum Gasteiger partial charge on any atom is 0.257 e. The molecule has 9 heteroatoms. The molecule has 1 fully saturated rings. The lowest BCUT2D eigenvalue weighted by molar-refractivity contribution is -0.123. The molecular weight excluding hydrogens is 430 g/mol. The highest BCUT2D eigenvalue weighted by Gasteiger charge is 2.26. The predicted octanol–water partition coefficient (Wildman–Crippen LogP) is 2.12. The number of rotatable bonds is 11. The van der Waals surface area contributed by atoms with Crippen molar-refractivity contribution in [3.63, 3.8) is 0 Å². The molecule has 0 atom stereocenters. The molecule has 0 radical (unpaired) electrons. The van der Waals surface area contributed by atoms with Crippen molar-refractivity contribution < 1.29 is 22.7 Å². The molecule has 1 N–H and O–H groups in total. The first-order valence-corrected chi connectivity index (χ1v) is 12.5. The topological polar surface area (TPSA) is 88.2 Å². The van der Waals surface area contributed by atoms with Crippen LogP contribution in [-0.2, 0) is 14.8 Å². The SMILES string of the molecule is CCOc1ccc(OCC(=O)NCCCS(=O)(=O)N2CCN(c3ccccc3)CC2)cc1. The van der Waals surface area contributed by atoms with E-state index in [1.807, 2.05) is 37.3 Å². The van der Waals surface area contributed by atoms with Crippen LogP contribution in [0.15, 0.2) is 54.6 Å². The van der Waals surface area contributed by atoms with E-state index in [2.05, 4.69) is 10.2 Å². The Morgan fingerprint density at radius 3 is 2.19 bits per heavy atom. The number of benzene rings is 2. The van der Waals surface area contributed by atoms with Crippen molar-refractivity contribution in [1.82, 2.24) is 9.62 Å². The van der Waals surface area contributed by atoms with Gasteiger partial charge in [-0.2, -0.15) is 4.31 Å². The first-order chi connectivity index (χ1) is 15.5. The van der Waals surface area contributed by atoms with Gasteiger partial charge < -0.3 is 19.7 Å². The van der Waals surface area contributed by atoms with Crippen molar-refractivity contribution in [2.75, 3.05) is 56.6 Å². The molecule has 1 saturated heterocycles. The van der Waals surface area contributed by atoms with Crippen molar-refractivity contribution >= 4 is 21.6 Å². The normalized spacial score (nSPS) is 14.7. The number of anilines is 1. The highest BCUT2D eigenvalue weighted by molar-refractivity contribution is 7.89. The van der Waals surface area contributed by atoms with Gasteiger partial charge >= 0.3 is 0 Å². The number of para-hydroxylation sites is 1. The molecule has 0 aromatic heterocycles. The number of hydrogen-bond donors (Lipinski definition) is 1. The van der Waals surface area contributed by atoms with E-state index >= 15 is 0 Å². The molecule has 0 bridgehead atoms. The van der Waals surface area contributed by atoms with E-state index in [1.54, 1.807) is 28.6 Å². The Bertz CT molecular complexity index is 943. The van der Waals surface area contributed by atoms with Crippen molar-refractivity contribution in [1.29, 1.82) is 0 Å². The number of nitrogens with zero attached hydrogens (tertiary/aromatic N) is 2. The Morgan fingerprint density at radius 1 is 0.938 bits per heavy atom. The summed E-state index contributed by atoms with van der Waals surface area (Å²) >= 11 is 0. The predicted molar refractivity (Wildman–Crippen MR) is 125 cm³/mol. The highest BCUT2D eigenvalue weighted by atomic mass is 32.2. The van der Waals surface area contributed by atoms with E-state index in [0.29, 0.717) is 45.0 Å².